The zero-order chi connectivity index (χ0) is 36.2. The van der Waals surface area contributed by atoms with Crippen molar-refractivity contribution < 1.29 is 31.9 Å². The Morgan fingerprint density at radius 3 is 1.94 bits per heavy atom. The zero-order valence-electron chi connectivity index (χ0n) is 31.8. The van der Waals surface area contributed by atoms with Crippen LogP contribution in [0.4, 0.5) is 5.95 Å². The van der Waals surface area contributed by atoms with Gasteiger partial charge in [0, 0.05) is 19.6 Å². The van der Waals surface area contributed by atoms with E-state index in [1.807, 2.05) is 0 Å². The molecule has 0 radical (unpaired) electrons. The monoisotopic (exact) mass is 727 g/mol. The normalized spacial score (nSPS) is 19.1. The highest BCUT2D eigenvalue weighted by molar-refractivity contribution is 6.70. The van der Waals surface area contributed by atoms with Gasteiger partial charge in [0.2, 0.25) is 5.95 Å². The Hall–Kier alpha value is -1.70. The van der Waals surface area contributed by atoms with Crippen LogP contribution in [0.5, 0.6) is 0 Å². The molecule has 2 aromatic heterocycles. The van der Waals surface area contributed by atoms with E-state index >= 15 is 0 Å². The van der Waals surface area contributed by atoms with Crippen molar-refractivity contribution in [3.8, 4) is 0 Å². The summed E-state index contributed by atoms with van der Waals surface area (Å²) < 4.78 is 47.8. The number of H-pyrrole nitrogens is 1. The largest absolute Gasteiger partial charge is 0.391 e. The van der Waals surface area contributed by atoms with Gasteiger partial charge in [-0.05, 0) is 35.0 Å². The summed E-state index contributed by atoms with van der Waals surface area (Å²) in [5.41, 5.74) is 6.80. The first-order chi connectivity index (χ1) is 23.3. The molecule has 0 aromatic carbocycles. The fourth-order valence-corrected chi connectivity index (χ4v) is 14.0. The number of ether oxygens (including phenoxy) is 3. The Balaban J connectivity index is 1.91. The molecule has 282 valence electrons. The first-order valence-electron chi connectivity index (χ1n) is 18.5. The second-order valence-electron chi connectivity index (χ2n) is 14.3. The molecule has 1 aliphatic heterocycles. The van der Waals surface area contributed by atoms with Crippen LogP contribution >= 0.6 is 0 Å². The van der Waals surface area contributed by atoms with Crippen molar-refractivity contribution in [1.82, 2.24) is 19.5 Å². The van der Waals surface area contributed by atoms with Crippen molar-refractivity contribution in [2.24, 2.45) is 0 Å². The number of nitrogens with two attached hydrogens (primary N) is 1. The van der Waals surface area contributed by atoms with Crippen LogP contribution in [0.1, 0.15) is 108 Å². The van der Waals surface area contributed by atoms with Gasteiger partial charge in [0.1, 0.15) is 12.3 Å². The number of anilines is 1. The maximum atomic E-state index is 12.6. The molecule has 3 atom stereocenters. The second kappa shape index (κ2) is 19.8. The highest BCUT2D eigenvalue weighted by Crippen LogP contribution is 2.42. The molecule has 3 N–H and O–H groups in total. The molecule has 0 spiro atoms. The number of nitrogens with one attached hydrogen (secondary N) is 1. The Kier molecular flexibility index (Phi) is 16.8. The number of hydrogen-bond acceptors (Lipinski definition) is 11. The van der Waals surface area contributed by atoms with Gasteiger partial charge in [-0.25, -0.2) is 4.98 Å². The summed E-state index contributed by atoms with van der Waals surface area (Å²) in [5.74, 6) is 0.0194. The highest BCUT2D eigenvalue weighted by atomic mass is 28.4. The average molecular weight is 728 g/mol. The SMILES string of the molecule is CCCCOCCO[Si](OC[C@H]1O[C@@H](n2cnc3c(=O)[nH]c(N)nc32)C[C@@H]1O[Si](OCCOCCCC)(C(C)C)C(C)C)(C(C)C)C(C)C. The number of fused-ring (bicyclic) bond motifs is 1. The molecule has 1 fully saturated rings. The summed E-state index contributed by atoms with van der Waals surface area (Å²) >= 11 is 0. The van der Waals surface area contributed by atoms with Crippen molar-refractivity contribution in [2.45, 2.75) is 142 Å². The van der Waals surface area contributed by atoms with Gasteiger partial charge in [0.05, 0.1) is 45.5 Å². The van der Waals surface area contributed by atoms with Crippen LogP contribution in [-0.2, 0) is 31.9 Å². The van der Waals surface area contributed by atoms with Crippen molar-refractivity contribution in [3.05, 3.63) is 16.7 Å². The van der Waals surface area contributed by atoms with Crippen molar-refractivity contribution in [3.63, 3.8) is 0 Å². The standard InChI is InChI=1S/C34H65N5O8Si2/c1-11-13-15-41-17-19-43-48(24(3)4,25(5)6)45-22-29-28(47-49(26(7)8,27(9)10)44-20-18-42-16-14-12-2)21-30(46-29)39-23-36-31-32(39)37-34(35)38-33(31)40/h23-30H,11-22H2,1-10H3,(H3,35,37,38,40)/t28-,29+,30+/m0/s1. The Labute approximate surface area is 295 Å². The van der Waals surface area contributed by atoms with E-state index in [9.17, 15) is 4.79 Å². The minimum Gasteiger partial charge on any atom is -0.391 e. The predicted octanol–water partition coefficient (Wildman–Crippen LogP) is 6.58. The van der Waals surface area contributed by atoms with E-state index in [1.165, 1.54) is 0 Å². The molecule has 0 saturated carbocycles. The molecule has 0 bridgehead atoms. The predicted molar refractivity (Wildman–Crippen MR) is 197 cm³/mol. The number of unbranched alkanes of at least 4 members (excludes halogenated alkanes) is 2. The van der Waals surface area contributed by atoms with Crippen molar-refractivity contribution >= 4 is 34.2 Å². The average Bonchev–Trinajstić information content (AvgIpc) is 3.64. The van der Waals surface area contributed by atoms with E-state index in [1.54, 1.807) is 10.9 Å². The van der Waals surface area contributed by atoms with Gasteiger partial charge in [0.25, 0.3) is 5.56 Å². The van der Waals surface area contributed by atoms with Crippen LogP contribution < -0.4 is 11.3 Å². The number of nitrogens with zero attached hydrogens (tertiary/aromatic N) is 3. The van der Waals surface area contributed by atoms with Gasteiger partial charge in [-0.3, -0.25) is 14.3 Å². The van der Waals surface area contributed by atoms with Gasteiger partial charge in [-0.15, -0.1) is 0 Å². The molecule has 0 aliphatic carbocycles. The van der Waals surface area contributed by atoms with Gasteiger partial charge >= 0.3 is 17.1 Å². The molecule has 1 saturated heterocycles. The lowest BCUT2D eigenvalue weighted by Gasteiger charge is -2.41. The van der Waals surface area contributed by atoms with Crippen LogP contribution in [0, 0.1) is 0 Å². The lowest BCUT2D eigenvalue weighted by molar-refractivity contribution is -0.0503. The molecule has 3 heterocycles. The van der Waals surface area contributed by atoms with E-state index in [0.29, 0.717) is 38.5 Å². The first-order valence-corrected chi connectivity index (χ1v) is 22.4. The van der Waals surface area contributed by atoms with Crippen LogP contribution in [0.25, 0.3) is 11.2 Å². The maximum Gasteiger partial charge on any atom is 0.343 e. The molecule has 49 heavy (non-hydrogen) atoms. The number of hydrogen-bond donors (Lipinski definition) is 2. The Morgan fingerprint density at radius 2 is 1.41 bits per heavy atom. The van der Waals surface area contributed by atoms with Crippen LogP contribution in [0.3, 0.4) is 0 Å². The molecule has 2 aromatic rings. The summed E-state index contributed by atoms with van der Waals surface area (Å²) in [6.45, 7) is 25.4. The fourth-order valence-electron chi connectivity index (χ4n) is 6.65. The molecule has 13 nitrogen and oxygen atoms in total. The maximum absolute atomic E-state index is 12.6. The van der Waals surface area contributed by atoms with Crippen LogP contribution in [-0.4, -0.2) is 95.1 Å². The third kappa shape index (κ3) is 10.7. The zero-order valence-corrected chi connectivity index (χ0v) is 33.8. The summed E-state index contributed by atoms with van der Waals surface area (Å²) in [7, 11) is -5.58. The highest BCUT2D eigenvalue weighted by Gasteiger charge is 2.52. The van der Waals surface area contributed by atoms with Gasteiger partial charge < -0.3 is 37.6 Å². The molecule has 3 rings (SSSR count). The van der Waals surface area contributed by atoms with Gasteiger partial charge in [0.15, 0.2) is 11.2 Å². The van der Waals surface area contributed by atoms with E-state index in [0.717, 1.165) is 38.9 Å². The minimum atomic E-state index is -2.83. The molecule has 0 unspecified atom stereocenters. The number of nitrogen functional groups attached to an aromatic ring is 1. The quantitative estimate of drug-likeness (QED) is 0.0890. The third-order valence-corrected chi connectivity index (χ3v) is 18.4. The molecular weight excluding hydrogens is 663 g/mol. The molecule has 0 amide bonds. The van der Waals surface area contributed by atoms with Crippen molar-refractivity contribution in [2.75, 3.05) is 52.0 Å². The topological polar surface area (TPSA) is 154 Å². The van der Waals surface area contributed by atoms with Crippen LogP contribution in [0.2, 0.25) is 22.2 Å². The summed E-state index contributed by atoms with van der Waals surface area (Å²) in [5, 5.41) is 0. The van der Waals surface area contributed by atoms with Crippen molar-refractivity contribution in [1.29, 1.82) is 0 Å². The van der Waals surface area contributed by atoms with E-state index in [-0.39, 0.29) is 46.3 Å². The summed E-state index contributed by atoms with van der Waals surface area (Å²) in [6.07, 6.45) is 5.00. The lowest BCUT2D eigenvalue weighted by atomic mass is 10.2. The number of aromatic amines is 1. The number of imidazole rings is 1. The smallest absolute Gasteiger partial charge is 0.343 e. The van der Waals surface area contributed by atoms with E-state index < -0.39 is 35.0 Å². The number of rotatable bonds is 24. The molecule has 1 aliphatic rings. The second-order valence-corrected chi connectivity index (χ2v) is 22.9. The van der Waals surface area contributed by atoms with Crippen LogP contribution in [0.15, 0.2) is 11.1 Å². The Morgan fingerprint density at radius 1 is 0.857 bits per heavy atom. The number of aromatic nitrogens is 4. The van der Waals surface area contributed by atoms with Gasteiger partial charge in [-0.1, -0.05) is 82.1 Å². The first kappa shape index (κ1) is 41.7. The summed E-state index contributed by atoms with van der Waals surface area (Å²) in [6, 6.07) is 0. The third-order valence-electron chi connectivity index (χ3n) is 9.36. The van der Waals surface area contributed by atoms with E-state index in [2.05, 4.69) is 84.2 Å². The summed E-state index contributed by atoms with van der Waals surface area (Å²) in [4.78, 5) is 23.9. The van der Waals surface area contributed by atoms with Gasteiger partial charge in [-0.2, -0.15) is 4.98 Å². The Bertz CT molecular complexity index is 1290. The molecule has 15 heteroatoms. The fraction of sp³-hybridized carbons (Fsp3) is 0.853. The lowest BCUT2D eigenvalue weighted by Crippen LogP contribution is -2.54. The molecular formula is C34H65N5O8Si2. The van der Waals surface area contributed by atoms with E-state index in [4.69, 9.17) is 37.6 Å². The minimum absolute atomic E-state index is 0.0194.